The molecular weight excluding hydrogens is 654 g/mol. The lowest BCUT2D eigenvalue weighted by atomic mass is 9.70. The van der Waals surface area contributed by atoms with Crippen molar-refractivity contribution >= 4 is 39.6 Å². The molecule has 3 saturated heterocycles. The van der Waals surface area contributed by atoms with Crippen LogP contribution in [0.5, 0.6) is 0 Å². The van der Waals surface area contributed by atoms with Crippen molar-refractivity contribution in [3.8, 4) is 0 Å². The van der Waals surface area contributed by atoms with E-state index in [9.17, 15) is 24.3 Å². The highest BCUT2D eigenvalue weighted by molar-refractivity contribution is 9.09. The van der Waals surface area contributed by atoms with E-state index in [1.165, 1.54) is 4.90 Å². The molecule has 1 aromatic rings. The second-order valence-corrected chi connectivity index (χ2v) is 14.2. The highest BCUT2D eigenvalue weighted by Crippen LogP contribution is 2.60. The third-order valence-corrected chi connectivity index (χ3v) is 11.0. The molecule has 3 aliphatic heterocycles. The van der Waals surface area contributed by atoms with E-state index in [0.717, 1.165) is 37.7 Å². The van der Waals surface area contributed by atoms with Gasteiger partial charge in [-0.3, -0.25) is 19.2 Å². The number of halogens is 1. The van der Waals surface area contributed by atoms with Crippen LogP contribution in [0, 0.1) is 11.8 Å². The maximum atomic E-state index is 14.7. The summed E-state index contributed by atoms with van der Waals surface area (Å²) in [6, 6.07) is 6.92. The Morgan fingerprint density at radius 1 is 1.20 bits per heavy atom. The lowest BCUT2D eigenvalue weighted by molar-refractivity contribution is -0.152. The quantitative estimate of drug-likeness (QED) is 0.172. The van der Waals surface area contributed by atoms with Gasteiger partial charge in [0.2, 0.25) is 17.7 Å². The van der Waals surface area contributed by atoms with E-state index in [1.807, 2.05) is 35.2 Å². The van der Waals surface area contributed by atoms with Crippen molar-refractivity contribution in [1.82, 2.24) is 15.1 Å². The lowest BCUT2D eigenvalue weighted by Crippen LogP contribution is -2.60. The maximum Gasteiger partial charge on any atom is 0.306 e. The van der Waals surface area contributed by atoms with Gasteiger partial charge in [0.15, 0.2) is 0 Å². The molecule has 3 heterocycles. The van der Waals surface area contributed by atoms with Crippen molar-refractivity contribution in [2.75, 3.05) is 19.8 Å². The summed E-state index contributed by atoms with van der Waals surface area (Å²) in [5.41, 5.74) is -0.498. The van der Waals surface area contributed by atoms with Crippen molar-refractivity contribution in [1.29, 1.82) is 0 Å². The fourth-order valence-electron chi connectivity index (χ4n) is 7.96. The van der Waals surface area contributed by atoms with E-state index in [0.29, 0.717) is 19.4 Å². The number of rotatable bonds is 14. The zero-order valence-corrected chi connectivity index (χ0v) is 28.1. The highest BCUT2D eigenvalue weighted by atomic mass is 79.9. The third-order valence-electron chi connectivity index (χ3n) is 10.1. The van der Waals surface area contributed by atoms with Crippen LogP contribution in [0.3, 0.4) is 0 Å². The second-order valence-electron chi connectivity index (χ2n) is 13.0. The molecule has 5 rings (SSSR count). The first kappa shape index (κ1) is 34.3. The van der Waals surface area contributed by atoms with Gasteiger partial charge in [-0.1, -0.05) is 77.7 Å². The number of ether oxygens (including phenoxy) is 2. The average molecular weight is 701 g/mol. The average Bonchev–Trinajstić information content (AvgIpc) is 3.67. The molecule has 1 unspecified atom stereocenters. The van der Waals surface area contributed by atoms with Gasteiger partial charge in [0.1, 0.15) is 18.2 Å². The molecule has 1 aliphatic carbocycles. The standard InChI is InChI=1S/C35H46BrN3O7/c1-4-6-17-27(41)45-21-26(23-13-9-7-10-14-23)37-32(42)28-29-33(43)39(22(3)20-40)31(35(29)19-25(36)30(28)46-35)34(44)38(18-5-2)24-15-11-8-12-16-24/h4-5,7,9-10,13-14,22,24-26,28-31,40H,1-2,6,8,11-12,15-21H2,3H3,(H,37,42)/t22-,25?,26-,28+,29-,30+,31+,35-/m1/s1. The number of aliphatic hydroxyl groups is 1. The molecule has 1 aromatic carbocycles. The normalized spacial score (nSPS) is 29.9. The number of carbonyl (C=O) groups is 4. The predicted molar refractivity (Wildman–Crippen MR) is 176 cm³/mol. The summed E-state index contributed by atoms with van der Waals surface area (Å²) in [6.45, 7) is 9.17. The molecule has 2 N–H and O–H groups in total. The molecular formula is C35H46BrN3O7. The van der Waals surface area contributed by atoms with Gasteiger partial charge in [-0.05, 0) is 38.2 Å². The minimum Gasteiger partial charge on any atom is -0.463 e. The fraction of sp³-hybridized carbons (Fsp3) is 0.600. The van der Waals surface area contributed by atoms with Crippen molar-refractivity contribution in [2.45, 2.75) is 99.0 Å². The van der Waals surface area contributed by atoms with Crippen LogP contribution < -0.4 is 5.32 Å². The number of alkyl halides is 1. The number of hydrogen-bond acceptors (Lipinski definition) is 7. The number of esters is 1. The van der Waals surface area contributed by atoms with Crippen molar-refractivity contribution in [2.24, 2.45) is 11.8 Å². The monoisotopic (exact) mass is 699 g/mol. The Kier molecular flexibility index (Phi) is 11.1. The van der Waals surface area contributed by atoms with Crippen LogP contribution in [0.1, 0.15) is 69.9 Å². The number of allylic oxidation sites excluding steroid dienone is 1. The first-order valence-electron chi connectivity index (χ1n) is 16.5. The number of nitrogens with one attached hydrogen (secondary N) is 1. The van der Waals surface area contributed by atoms with Crippen LogP contribution in [0.15, 0.2) is 55.6 Å². The van der Waals surface area contributed by atoms with Gasteiger partial charge < -0.3 is 29.7 Å². The Labute approximate surface area is 279 Å². The SMILES string of the molecule is C=CCCC(=O)OC[C@@H](NC(=O)[C@@H]1[C@H]2O[C@@]3(CC2Br)[C@H](C(=O)N(CC=C)C2CCCCC2)N([C@H](C)CO)C(=O)[C@@H]13)c1ccccc1. The number of aliphatic hydroxyl groups excluding tert-OH is 1. The number of nitrogens with zero attached hydrogens (tertiary/aromatic N) is 2. The molecule has 10 nitrogen and oxygen atoms in total. The molecule has 2 bridgehead atoms. The summed E-state index contributed by atoms with van der Waals surface area (Å²) in [7, 11) is 0. The Morgan fingerprint density at radius 2 is 1.91 bits per heavy atom. The number of benzene rings is 1. The Hall–Kier alpha value is -3.02. The zero-order chi connectivity index (χ0) is 33.0. The summed E-state index contributed by atoms with van der Waals surface area (Å²) in [4.78, 5) is 58.7. The van der Waals surface area contributed by atoms with Crippen LogP contribution >= 0.6 is 15.9 Å². The molecule has 4 aliphatic rings. The van der Waals surface area contributed by atoms with Gasteiger partial charge in [0.25, 0.3) is 0 Å². The number of fused-ring (bicyclic) bond motifs is 1. The molecule has 8 atom stereocenters. The van der Waals surface area contributed by atoms with Gasteiger partial charge in [-0.25, -0.2) is 0 Å². The van der Waals surface area contributed by atoms with Gasteiger partial charge in [0, 0.05) is 23.8 Å². The minimum absolute atomic E-state index is 0.0226. The van der Waals surface area contributed by atoms with Crippen molar-refractivity contribution < 1.29 is 33.8 Å². The summed E-state index contributed by atoms with van der Waals surface area (Å²) in [5, 5.41) is 13.3. The number of hydrogen-bond donors (Lipinski definition) is 2. The van der Waals surface area contributed by atoms with Gasteiger partial charge in [-0.2, -0.15) is 0 Å². The molecule has 4 fully saturated rings. The van der Waals surface area contributed by atoms with Crippen molar-refractivity contribution in [3.63, 3.8) is 0 Å². The lowest BCUT2D eigenvalue weighted by Gasteiger charge is -2.42. The van der Waals surface area contributed by atoms with Crippen LogP contribution in [-0.4, -0.2) is 93.0 Å². The van der Waals surface area contributed by atoms with E-state index in [1.54, 1.807) is 19.1 Å². The molecule has 1 spiro atoms. The molecule has 46 heavy (non-hydrogen) atoms. The van der Waals surface area contributed by atoms with Crippen molar-refractivity contribution in [3.05, 3.63) is 61.2 Å². The topological polar surface area (TPSA) is 125 Å². The maximum absolute atomic E-state index is 14.7. The Balaban J connectivity index is 1.46. The summed E-state index contributed by atoms with van der Waals surface area (Å²) >= 11 is 3.73. The van der Waals surface area contributed by atoms with E-state index >= 15 is 0 Å². The van der Waals surface area contributed by atoms with Gasteiger partial charge >= 0.3 is 5.97 Å². The molecule has 11 heteroatoms. The predicted octanol–water partition coefficient (Wildman–Crippen LogP) is 3.83. The first-order chi connectivity index (χ1) is 22.2. The van der Waals surface area contributed by atoms with E-state index in [4.69, 9.17) is 9.47 Å². The van der Waals surface area contributed by atoms with E-state index < -0.39 is 53.5 Å². The minimum atomic E-state index is -1.24. The first-order valence-corrected chi connectivity index (χ1v) is 17.4. The summed E-state index contributed by atoms with van der Waals surface area (Å²) in [5.74, 6) is -3.22. The highest BCUT2D eigenvalue weighted by Gasteiger charge is 2.77. The Morgan fingerprint density at radius 3 is 2.57 bits per heavy atom. The summed E-state index contributed by atoms with van der Waals surface area (Å²) in [6.07, 6.45) is 8.66. The molecule has 3 amide bonds. The van der Waals surface area contributed by atoms with E-state index in [-0.39, 0.29) is 42.3 Å². The van der Waals surface area contributed by atoms with Gasteiger partial charge in [0.05, 0.1) is 36.6 Å². The fourth-order valence-corrected chi connectivity index (χ4v) is 8.90. The van der Waals surface area contributed by atoms with Crippen LogP contribution in [0.25, 0.3) is 0 Å². The third kappa shape index (κ3) is 6.42. The van der Waals surface area contributed by atoms with Crippen LogP contribution in [0.4, 0.5) is 0 Å². The van der Waals surface area contributed by atoms with Gasteiger partial charge in [-0.15, -0.1) is 13.2 Å². The number of carbonyl (C=O) groups excluding carboxylic acids is 4. The number of likely N-dealkylation sites (tertiary alicyclic amines) is 1. The summed E-state index contributed by atoms with van der Waals surface area (Å²) < 4.78 is 12.2. The molecule has 1 saturated carbocycles. The number of amides is 3. The molecule has 0 aromatic heterocycles. The smallest absolute Gasteiger partial charge is 0.306 e. The molecule has 0 radical (unpaired) electrons. The van der Waals surface area contributed by atoms with E-state index in [2.05, 4.69) is 34.4 Å². The van der Waals surface area contributed by atoms with Crippen LogP contribution in [0.2, 0.25) is 0 Å². The Bertz CT molecular complexity index is 1300. The zero-order valence-electron chi connectivity index (χ0n) is 26.5. The second kappa shape index (κ2) is 14.8. The van der Waals surface area contributed by atoms with Crippen LogP contribution in [-0.2, 0) is 28.7 Å². The molecule has 250 valence electrons. The largest absolute Gasteiger partial charge is 0.463 e.